The van der Waals surface area contributed by atoms with Gasteiger partial charge in [-0.1, -0.05) is 15.9 Å². The molecule has 0 unspecified atom stereocenters. The Kier molecular flexibility index (Phi) is 8.60. The number of rotatable bonds is 7. The molecule has 2 aromatic carbocycles. The fraction of sp³-hybridized carbons (Fsp3) is 0.167. The standard InChI is InChI=1S/C18H9Br3F4O6/c19-6-4-7(11(21)8(20)5-6)18(29)30-3-1-2-9(26)31-16-14(24)12(22)10(17(27)28)13(23)15(16)25/h4-5H,1-3H2,(H,27,28)/p-1. The van der Waals surface area contributed by atoms with Gasteiger partial charge in [0.15, 0.2) is 11.6 Å². The molecule has 0 aromatic heterocycles. The van der Waals surface area contributed by atoms with Crippen molar-refractivity contribution in [1.82, 2.24) is 0 Å². The lowest BCUT2D eigenvalue weighted by atomic mass is 10.1. The second kappa shape index (κ2) is 10.6. The summed E-state index contributed by atoms with van der Waals surface area (Å²) in [6.45, 7) is -0.290. The molecule has 0 bridgehead atoms. The molecule has 0 fully saturated rings. The summed E-state index contributed by atoms with van der Waals surface area (Å²) < 4.78 is 65.6. The maximum atomic E-state index is 13.8. The zero-order valence-electron chi connectivity index (χ0n) is 14.9. The molecule has 6 nitrogen and oxygen atoms in total. The van der Waals surface area contributed by atoms with E-state index in [1.165, 1.54) is 6.07 Å². The van der Waals surface area contributed by atoms with E-state index in [-0.39, 0.29) is 18.6 Å². The molecule has 0 atom stereocenters. The lowest BCUT2D eigenvalue weighted by Crippen LogP contribution is -2.27. The Morgan fingerprint density at radius 1 is 0.935 bits per heavy atom. The van der Waals surface area contributed by atoms with Crippen LogP contribution in [0, 0.1) is 23.3 Å². The number of carboxylic acids is 1. The average Bonchev–Trinajstić information content (AvgIpc) is 2.69. The fourth-order valence-corrected chi connectivity index (χ4v) is 3.82. The van der Waals surface area contributed by atoms with Crippen molar-refractivity contribution in [2.24, 2.45) is 0 Å². The van der Waals surface area contributed by atoms with Crippen molar-refractivity contribution in [2.45, 2.75) is 12.8 Å². The van der Waals surface area contributed by atoms with Crippen LogP contribution in [0.4, 0.5) is 17.6 Å². The first-order valence-corrected chi connectivity index (χ1v) is 10.4. The van der Waals surface area contributed by atoms with Crippen LogP contribution >= 0.6 is 47.8 Å². The molecule has 0 N–H and O–H groups in total. The second-order valence-corrected chi connectivity index (χ2v) is 8.27. The number of carbonyl (C=O) groups is 3. The Labute approximate surface area is 196 Å². The smallest absolute Gasteiger partial charge is 0.339 e. The molecule has 0 radical (unpaired) electrons. The van der Waals surface area contributed by atoms with Crippen molar-refractivity contribution in [3.8, 4) is 5.75 Å². The van der Waals surface area contributed by atoms with Crippen LogP contribution in [0.15, 0.2) is 25.6 Å². The van der Waals surface area contributed by atoms with Crippen LogP contribution in [0.25, 0.3) is 0 Å². The molecular weight excluding hydrogens is 628 g/mol. The molecule has 166 valence electrons. The Balaban J connectivity index is 1.98. The molecule has 0 spiro atoms. The third kappa shape index (κ3) is 5.83. The highest BCUT2D eigenvalue weighted by molar-refractivity contribution is 9.13. The summed E-state index contributed by atoms with van der Waals surface area (Å²) in [5.41, 5.74) is -1.79. The molecule has 31 heavy (non-hydrogen) atoms. The van der Waals surface area contributed by atoms with E-state index in [0.29, 0.717) is 13.4 Å². The Morgan fingerprint density at radius 2 is 1.52 bits per heavy atom. The van der Waals surface area contributed by atoms with Crippen LogP contribution < -0.4 is 9.84 Å². The molecule has 0 aliphatic rings. The molecule has 0 saturated carbocycles. The first kappa shape index (κ1) is 25.3. The average molecular weight is 636 g/mol. The molecule has 0 amide bonds. The van der Waals surface area contributed by atoms with Crippen molar-refractivity contribution in [3.05, 3.63) is 59.9 Å². The normalized spacial score (nSPS) is 10.7. The number of aromatic carboxylic acids is 1. The van der Waals surface area contributed by atoms with E-state index in [2.05, 4.69) is 52.5 Å². The van der Waals surface area contributed by atoms with E-state index in [0.717, 1.165) is 0 Å². The maximum absolute atomic E-state index is 13.8. The Hall–Kier alpha value is -1.99. The van der Waals surface area contributed by atoms with E-state index >= 15 is 0 Å². The monoisotopic (exact) mass is 633 g/mol. The number of halogens is 7. The molecule has 0 aliphatic carbocycles. The van der Waals surface area contributed by atoms with Gasteiger partial charge in [0.1, 0.15) is 0 Å². The molecule has 13 heteroatoms. The van der Waals surface area contributed by atoms with Gasteiger partial charge in [-0.25, -0.2) is 13.6 Å². The summed E-state index contributed by atoms with van der Waals surface area (Å²) in [6, 6.07) is 3.16. The minimum atomic E-state index is -2.49. The quantitative estimate of drug-likeness (QED) is 0.147. The highest BCUT2D eigenvalue weighted by Gasteiger charge is 2.28. The zero-order chi connectivity index (χ0) is 23.5. The SMILES string of the molecule is O=C(CCCOC(=O)c1cc(Br)cc(Br)c1Br)Oc1c(F)c(F)c(C(=O)[O-])c(F)c1F. The summed E-state index contributed by atoms with van der Waals surface area (Å²) in [4.78, 5) is 34.4. The van der Waals surface area contributed by atoms with Gasteiger partial charge in [-0.2, -0.15) is 8.78 Å². The number of hydrogen-bond donors (Lipinski definition) is 0. The summed E-state index contributed by atoms with van der Waals surface area (Å²) in [7, 11) is 0. The van der Waals surface area contributed by atoms with Crippen molar-refractivity contribution < 1.29 is 46.5 Å². The Morgan fingerprint density at radius 3 is 2.06 bits per heavy atom. The fourth-order valence-electron chi connectivity index (χ4n) is 2.21. The van der Waals surface area contributed by atoms with Crippen LogP contribution in [-0.2, 0) is 9.53 Å². The van der Waals surface area contributed by atoms with Crippen LogP contribution in [0.2, 0.25) is 0 Å². The van der Waals surface area contributed by atoms with Gasteiger partial charge < -0.3 is 19.4 Å². The largest absolute Gasteiger partial charge is 0.545 e. The van der Waals surface area contributed by atoms with Crippen molar-refractivity contribution in [3.63, 3.8) is 0 Å². The molecular formula is C18H8Br3F4O6-. The van der Waals surface area contributed by atoms with Gasteiger partial charge in [-0.3, -0.25) is 4.79 Å². The van der Waals surface area contributed by atoms with Gasteiger partial charge in [-0.15, -0.1) is 0 Å². The van der Waals surface area contributed by atoms with Gasteiger partial charge in [0, 0.05) is 19.8 Å². The van der Waals surface area contributed by atoms with Crippen molar-refractivity contribution in [2.75, 3.05) is 6.61 Å². The number of carbonyl (C=O) groups excluding carboxylic acids is 3. The first-order valence-electron chi connectivity index (χ1n) is 8.05. The van der Waals surface area contributed by atoms with Crippen molar-refractivity contribution in [1.29, 1.82) is 0 Å². The molecule has 0 heterocycles. The van der Waals surface area contributed by atoms with Gasteiger partial charge in [-0.05, 0) is 50.4 Å². The lowest BCUT2D eigenvalue weighted by molar-refractivity contribution is -0.255. The van der Waals surface area contributed by atoms with Crippen LogP contribution in [0.1, 0.15) is 33.6 Å². The highest BCUT2D eigenvalue weighted by Crippen LogP contribution is 2.32. The molecule has 0 saturated heterocycles. The van der Waals surface area contributed by atoms with E-state index in [1.54, 1.807) is 6.07 Å². The second-order valence-electron chi connectivity index (χ2n) is 5.71. The number of ether oxygens (including phenoxy) is 2. The highest BCUT2D eigenvalue weighted by atomic mass is 79.9. The summed E-state index contributed by atoms with van der Waals surface area (Å²) in [5.74, 6) is -15.2. The van der Waals surface area contributed by atoms with E-state index < -0.39 is 58.9 Å². The third-order valence-corrected chi connectivity index (χ3v) is 6.08. The lowest BCUT2D eigenvalue weighted by Gasteiger charge is -2.12. The summed E-state index contributed by atoms with van der Waals surface area (Å²) >= 11 is 9.65. The van der Waals surface area contributed by atoms with Crippen molar-refractivity contribution >= 4 is 65.7 Å². The third-order valence-electron chi connectivity index (χ3n) is 3.61. The van der Waals surface area contributed by atoms with Crippen LogP contribution in [-0.4, -0.2) is 24.5 Å². The van der Waals surface area contributed by atoms with Gasteiger partial charge in [0.05, 0.1) is 23.7 Å². The topological polar surface area (TPSA) is 92.7 Å². The zero-order valence-corrected chi connectivity index (χ0v) is 19.6. The molecule has 2 aromatic rings. The van der Waals surface area contributed by atoms with Gasteiger partial charge in [0.25, 0.3) is 0 Å². The minimum absolute atomic E-state index is 0.150. The maximum Gasteiger partial charge on any atom is 0.339 e. The van der Waals surface area contributed by atoms with Gasteiger partial charge in [0.2, 0.25) is 17.4 Å². The van der Waals surface area contributed by atoms with Gasteiger partial charge >= 0.3 is 11.9 Å². The Bertz CT molecular complexity index is 1050. The van der Waals surface area contributed by atoms with Crippen LogP contribution in [0.3, 0.4) is 0 Å². The van der Waals surface area contributed by atoms with E-state index in [9.17, 15) is 37.1 Å². The molecule has 2 rings (SSSR count). The minimum Gasteiger partial charge on any atom is -0.545 e. The predicted molar refractivity (Wildman–Crippen MR) is 105 cm³/mol. The summed E-state index contributed by atoms with van der Waals surface area (Å²) in [5, 5.41) is 10.6. The van der Waals surface area contributed by atoms with Crippen LogP contribution in [0.5, 0.6) is 5.75 Å². The number of carboxylic acid groups (broad SMARTS) is 1. The number of esters is 2. The first-order chi connectivity index (χ1) is 14.5. The summed E-state index contributed by atoms with van der Waals surface area (Å²) in [6.07, 6.45) is -0.691. The number of hydrogen-bond acceptors (Lipinski definition) is 6. The number of benzene rings is 2. The predicted octanol–water partition coefficient (Wildman–Crippen LogP) is 4.44. The van der Waals surface area contributed by atoms with E-state index in [1.807, 2.05) is 0 Å². The molecule has 0 aliphatic heterocycles. The van der Waals surface area contributed by atoms with E-state index in [4.69, 9.17) is 4.74 Å².